The second-order valence-electron chi connectivity index (χ2n) is 9.47. The molecule has 0 saturated heterocycles. The fourth-order valence-electron chi connectivity index (χ4n) is 4.13. The molecule has 0 aromatic heterocycles. The lowest BCUT2D eigenvalue weighted by molar-refractivity contribution is -0.305. The topological polar surface area (TPSA) is 159 Å². The number of carbonyl (C=O) groups is 2. The average molecular weight is 536 g/mol. The third-order valence-electron chi connectivity index (χ3n) is 6.34. The highest BCUT2D eigenvalue weighted by Gasteiger charge is 2.13. The Bertz CT molecular complexity index is 1150. The van der Waals surface area contributed by atoms with Crippen molar-refractivity contribution >= 4 is 17.5 Å². The van der Waals surface area contributed by atoms with Crippen LogP contribution in [-0.2, 0) is 16.2 Å². The highest BCUT2D eigenvalue weighted by atomic mass is 16.5. The van der Waals surface area contributed by atoms with Crippen molar-refractivity contribution in [1.82, 2.24) is 0 Å². The van der Waals surface area contributed by atoms with E-state index in [1.165, 1.54) is 11.1 Å². The molecule has 8 heteroatoms. The largest absolute Gasteiger partial charge is 0.550 e. The summed E-state index contributed by atoms with van der Waals surface area (Å²) in [5.41, 5.74) is 14.8. The summed E-state index contributed by atoms with van der Waals surface area (Å²) < 4.78 is 5.90. The van der Waals surface area contributed by atoms with Crippen molar-refractivity contribution in [3.63, 3.8) is 0 Å². The van der Waals surface area contributed by atoms with Crippen LogP contribution >= 0.6 is 0 Å². The van der Waals surface area contributed by atoms with Crippen LogP contribution in [0.4, 0.5) is 0 Å². The van der Waals surface area contributed by atoms with Gasteiger partial charge in [-0.2, -0.15) is 0 Å². The number of aliphatic hydroxyl groups is 1. The maximum Gasteiger partial charge on any atom is 0.320 e. The van der Waals surface area contributed by atoms with Crippen LogP contribution in [0.2, 0.25) is 0 Å². The Morgan fingerprint density at radius 3 is 2.51 bits per heavy atom. The molecule has 0 aliphatic heterocycles. The van der Waals surface area contributed by atoms with Crippen LogP contribution in [0.25, 0.3) is 5.57 Å². The standard InChI is InChI=1S/C25H26O4.C6H14N2O2/c1-2-4-21(16-25(27)28)20-9-13-24(14-10-20)29-17-18-5-3-6-22(15-18)19-7-11-23(26)12-8-19;7-4-2-1-3-5(8)6(9)10/h3,5-7,9-10,13-15,21,23,26H,8,11-12,16-17H2,1H3,(H,27,28);5H,1-4,7-8H2,(H,9,10)/p-1/t;5-/m.0/s1. The number of carboxylic acid groups (broad SMARTS) is 2. The Labute approximate surface area is 230 Å². The van der Waals surface area contributed by atoms with E-state index in [0.717, 1.165) is 42.6 Å². The molecule has 0 fully saturated rings. The van der Waals surface area contributed by atoms with Gasteiger partial charge in [0.05, 0.1) is 12.0 Å². The van der Waals surface area contributed by atoms with Gasteiger partial charge < -0.3 is 36.3 Å². The van der Waals surface area contributed by atoms with Gasteiger partial charge in [-0.25, -0.2) is 0 Å². The van der Waals surface area contributed by atoms with Crippen LogP contribution < -0.4 is 21.3 Å². The van der Waals surface area contributed by atoms with Gasteiger partial charge in [-0.15, -0.1) is 5.92 Å². The Morgan fingerprint density at radius 1 is 1.18 bits per heavy atom. The van der Waals surface area contributed by atoms with E-state index in [2.05, 4.69) is 30.0 Å². The van der Waals surface area contributed by atoms with Crippen LogP contribution in [0.5, 0.6) is 5.75 Å². The van der Waals surface area contributed by atoms with Crippen LogP contribution in [0, 0.1) is 11.8 Å². The third-order valence-corrected chi connectivity index (χ3v) is 6.34. The van der Waals surface area contributed by atoms with Gasteiger partial charge in [-0.3, -0.25) is 4.79 Å². The molecule has 2 aromatic carbocycles. The van der Waals surface area contributed by atoms with Gasteiger partial charge >= 0.3 is 5.97 Å². The third kappa shape index (κ3) is 11.7. The van der Waals surface area contributed by atoms with Crippen LogP contribution in [-0.4, -0.2) is 40.8 Å². The number of hydrogen-bond acceptors (Lipinski definition) is 7. The molecule has 0 heterocycles. The van der Waals surface area contributed by atoms with E-state index in [0.29, 0.717) is 26.0 Å². The minimum Gasteiger partial charge on any atom is -0.550 e. The Hall–Kier alpha value is -3.64. The van der Waals surface area contributed by atoms with Gasteiger partial charge in [0.25, 0.3) is 0 Å². The van der Waals surface area contributed by atoms with Crippen LogP contribution in [0.1, 0.15) is 74.5 Å². The first kappa shape index (κ1) is 31.6. The summed E-state index contributed by atoms with van der Waals surface area (Å²) >= 11 is 0. The molecule has 6 N–H and O–H groups in total. The van der Waals surface area contributed by atoms with Crippen molar-refractivity contribution in [2.24, 2.45) is 11.5 Å². The molecule has 0 saturated carbocycles. The zero-order valence-corrected chi connectivity index (χ0v) is 22.5. The van der Waals surface area contributed by atoms with Gasteiger partial charge in [0.1, 0.15) is 18.4 Å². The molecule has 2 aromatic rings. The average Bonchev–Trinajstić information content (AvgIpc) is 2.93. The number of aliphatic carboxylic acids is 2. The Balaban J connectivity index is 0.000000455. The minimum atomic E-state index is -1.11. The lowest BCUT2D eigenvalue weighted by Gasteiger charge is -2.18. The normalized spacial score (nSPS) is 15.9. The first-order chi connectivity index (χ1) is 18.7. The second kappa shape index (κ2) is 17.0. The zero-order valence-electron chi connectivity index (χ0n) is 22.5. The molecule has 1 aliphatic carbocycles. The van der Waals surface area contributed by atoms with Crippen molar-refractivity contribution in [2.45, 2.75) is 76.5 Å². The van der Waals surface area contributed by atoms with E-state index < -0.39 is 18.0 Å². The van der Waals surface area contributed by atoms with Crippen molar-refractivity contribution in [3.8, 4) is 17.6 Å². The highest BCUT2D eigenvalue weighted by molar-refractivity contribution is 5.73. The molecule has 8 nitrogen and oxygen atoms in total. The van der Waals surface area contributed by atoms with E-state index in [4.69, 9.17) is 21.3 Å². The number of allylic oxidation sites excluding steroid dienone is 1. The molecular weight excluding hydrogens is 496 g/mol. The molecule has 1 aliphatic rings. The Morgan fingerprint density at radius 2 is 1.92 bits per heavy atom. The van der Waals surface area contributed by atoms with Crippen molar-refractivity contribution in [2.75, 3.05) is 6.54 Å². The molecule has 3 rings (SSSR count). The molecular formula is C31H39N2O6-. The van der Waals surface area contributed by atoms with E-state index in [1.54, 1.807) is 6.92 Å². The summed E-state index contributed by atoms with van der Waals surface area (Å²) in [4.78, 5) is 21.1. The maximum absolute atomic E-state index is 10.9. The monoisotopic (exact) mass is 535 g/mol. The first-order valence-electron chi connectivity index (χ1n) is 13.2. The fraction of sp³-hybridized carbons (Fsp3) is 0.419. The lowest BCUT2D eigenvalue weighted by Crippen LogP contribution is -2.29. The summed E-state index contributed by atoms with van der Waals surface area (Å²) in [7, 11) is 0. The molecule has 0 amide bonds. The summed E-state index contributed by atoms with van der Waals surface area (Å²) in [6.45, 7) is 2.74. The molecule has 0 radical (unpaired) electrons. The lowest BCUT2D eigenvalue weighted by atomic mass is 9.91. The molecule has 3 atom stereocenters. The van der Waals surface area contributed by atoms with E-state index in [1.807, 2.05) is 36.4 Å². The Kier molecular flexibility index (Phi) is 13.8. The number of unbranched alkanes of at least 4 members (excludes halogenated alkanes) is 1. The minimum absolute atomic E-state index is 0.124. The number of hydrogen-bond donors (Lipinski definition) is 4. The first-order valence-corrected chi connectivity index (χ1v) is 13.2. The van der Waals surface area contributed by atoms with Gasteiger partial charge in [-0.1, -0.05) is 48.7 Å². The highest BCUT2D eigenvalue weighted by Crippen LogP contribution is 2.28. The molecule has 0 spiro atoms. The van der Waals surface area contributed by atoms with Crippen molar-refractivity contribution in [1.29, 1.82) is 0 Å². The molecule has 39 heavy (non-hydrogen) atoms. The predicted molar refractivity (Wildman–Crippen MR) is 149 cm³/mol. The maximum atomic E-state index is 10.9. The predicted octanol–water partition coefficient (Wildman–Crippen LogP) is 2.97. The van der Waals surface area contributed by atoms with E-state index in [9.17, 15) is 19.8 Å². The molecule has 0 bridgehead atoms. The summed E-state index contributed by atoms with van der Waals surface area (Å²) in [5, 5.41) is 28.9. The quantitative estimate of drug-likeness (QED) is 0.238. The van der Waals surface area contributed by atoms with Crippen LogP contribution in [0.15, 0.2) is 54.6 Å². The van der Waals surface area contributed by atoms with Gasteiger partial charge in [0.2, 0.25) is 0 Å². The van der Waals surface area contributed by atoms with Gasteiger partial charge in [0.15, 0.2) is 0 Å². The van der Waals surface area contributed by atoms with Crippen molar-refractivity contribution < 1.29 is 29.6 Å². The summed E-state index contributed by atoms with van der Waals surface area (Å²) in [6.07, 6.45) is 6.35. The number of carbonyl (C=O) groups excluding carboxylic acids is 1. The fourth-order valence-corrected chi connectivity index (χ4v) is 4.13. The van der Waals surface area contributed by atoms with Gasteiger partial charge in [0, 0.05) is 12.4 Å². The number of rotatable bonds is 12. The molecule has 210 valence electrons. The zero-order chi connectivity index (χ0) is 28.6. The number of ether oxygens (including phenoxy) is 1. The van der Waals surface area contributed by atoms with Gasteiger partial charge in [-0.05, 0) is 86.0 Å². The smallest absolute Gasteiger partial charge is 0.320 e. The number of benzene rings is 2. The van der Waals surface area contributed by atoms with E-state index >= 15 is 0 Å². The van der Waals surface area contributed by atoms with Crippen molar-refractivity contribution in [3.05, 3.63) is 71.3 Å². The van der Waals surface area contributed by atoms with E-state index in [-0.39, 0.29) is 18.4 Å². The summed E-state index contributed by atoms with van der Waals surface area (Å²) in [6, 6.07) is 14.9. The molecule has 2 unspecified atom stereocenters. The summed E-state index contributed by atoms with van der Waals surface area (Å²) in [5.74, 6) is 3.99. The second-order valence-corrected chi connectivity index (χ2v) is 9.47. The van der Waals surface area contributed by atoms with Crippen LogP contribution in [0.3, 0.4) is 0 Å². The number of aliphatic hydroxyl groups excluding tert-OH is 1. The number of nitrogens with two attached hydrogens (primary N) is 2. The SMILES string of the molecule is CC#CC(CC(=O)[O-])c1ccc(OCc2cccc(C3=CCC(O)CC3)c2)cc1.NCCCC[C@H](N)C(=O)O. The number of carboxylic acids is 2.